The number of aromatic nitrogens is 1. The molecule has 1 atom stereocenters. The third kappa shape index (κ3) is 3.60. The number of fused-ring (bicyclic) bond motifs is 1. The van der Waals surface area contributed by atoms with Crippen LogP contribution in [0.15, 0.2) is 67.4 Å². The monoisotopic (exact) mass is 351 g/mol. The lowest BCUT2D eigenvalue weighted by Gasteiger charge is -2.17. The van der Waals surface area contributed by atoms with Crippen molar-refractivity contribution in [1.29, 1.82) is 0 Å². The normalized spacial score (nSPS) is 12.0. The zero-order valence-electron chi connectivity index (χ0n) is 14.6. The van der Waals surface area contributed by atoms with E-state index in [2.05, 4.69) is 11.9 Å². The fourth-order valence-electron chi connectivity index (χ4n) is 3.02. The van der Waals surface area contributed by atoms with Crippen molar-refractivity contribution in [2.24, 2.45) is 0 Å². The molecule has 0 amide bonds. The highest BCUT2D eigenvalue weighted by molar-refractivity contribution is 5.89. The molecule has 3 rings (SSSR count). The molecule has 134 valence electrons. The number of nitrogens with zero attached hydrogens (tertiary/aromatic N) is 2. The Morgan fingerprint density at radius 2 is 2.04 bits per heavy atom. The summed E-state index contributed by atoms with van der Waals surface area (Å²) >= 11 is 0. The molecule has 0 unspecified atom stereocenters. The largest absolute Gasteiger partial charge is 0.497 e. The Kier molecular flexibility index (Phi) is 5.34. The molecule has 1 heterocycles. The molecule has 0 bridgehead atoms. The van der Waals surface area contributed by atoms with Crippen LogP contribution in [-0.2, 0) is 6.54 Å². The molecule has 0 fully saturated rings. The molecule has 6 heteroatoms. The molecule has 0 aliphatic heterocycles. The summed E-state index contributed by atoms with van der Waals surface area (Å²) in [6.45, 7) is 5.30. The Hall–Kier alpha value is -3.12. The van der Waals surface area contributed by atoms with Crippen molar-refractivity contribution in [2.75, 3.05) is 13.7 Å². The Morgan fingerprint density at radius 1 is 1.27 bits per heavy atom. The zero-order valence-corrected chi connectivity index (χ0v) is 14.6. The maximum Gasteiger partial charge on any atom is 0.278 e. The zero-order chi connectivity index (χ0) is 18.5. The molecule has 6 nitrogen and oxygen atoms in total. The third-order valence-electron chi connectivity index (χ3n) is 4.41. The molecule has 0 aliphatic rings. The van der Waals surface area contributed by atoms with Gasteiger partial charge in [0, 0.05) is 25.4 Å². The summed E-state index contributed by atoms with van der Waals surface area (Å²) in [5.74, 6) is 0.832. The average Bonchev–Trinajstić information content (AvgIpc) is 3.09. The van der Waals surface area contributed by atoms with Gasteiger partial charge in [-0.1, -0.05) is 24.3 Å². The molecule has 0 aliphatic carbocycles. The van der Waals surface area contributed by atoms with Crippen LogP contribution in [0, 0.1) is 10.1 Å². The molecule has 0 saturated carbocycles. The summed E-state index contributed by atoms with van der Waals surface area (Å²) in [7, 11) is 1.65. The first kappa shape index (κ1) is 17.7. The van der Waals surface area contributed by atoms with E-state index in [1.54, 1.807) is 19.2 Å². The van der Waals surface area contributed by atoms with Crippen molar-refractivity contribution in [3.8, 4) is 5.75 Å². The number of hydrogen-bond acceptors (Lipinski definition) is 4. The minimum atomic E-state index is -0.350. The molecule has 0 spiro atoms. The van der Waals surface area contributed by atoms with E-state index < -0.39 is 0 Å². The smallest absolute Gasteiger partial charge is 0.278 e. The summed E-state index contributed by atoms with van der Waals surface area (Å²) < 4.78 is 7.17. The van der Waals surface area contributed by atoms with Crippen LogP contribution in [0.25, 0.3) is 10.9 Å². The van der Waals surface area contributed by atoms with E-state index in [9.17, 15) is 10.1 Å². The Balaban J connectivity index is 1.72. The lowest BCUT2D eigenvalue weighted by molar-refractivity contribution is -0.383. The number of nitrogens with one attached hydrogen (secondary N) is 1. The van der Waals surface area contributed by atoms with Gasteiger partial charge in [-0.2, -0.15) is 0 Å². The summed E-state index contributed by atoms with van der Waals surface area (Å²) in [6.07, 6.45) is 3.72. The van der Waals surface area contributed by atoms with Gasteiger partial charge in [-0.3, -0.25) is 10.1 Å². The minimum absolute atomic E-state index is 0.00671. The summed E-state index contributed by atoms with van der Waals surface area (Å²) in [5.41, 5.74) is 2.10. The van der Waals surface area contributed by atoms with E-state index in [4.69, 9.17) is 4.74 Å². The molecule has 26 heavy (non-hydrogen) atoms. The second-order valence-electron chi connectivity index (χ2n) is 5.97. The first-order valence-electron chi connectivity index (χ1n) is 8.34. The molecule has 1 N–H and O–H groups in total. The molecule has 0 radical (unpaired) electrons. The number of hydrogen-bond donors (Lipinski definition) is 1. The van der Waals surface area contributed by atoms with E-state index in [1.165, 1.54) is 6.07 Å². The Bertz CT molecular complexity index is 916. The number of benzene rings is 2. The van der Waals surface area contributed by atoms with Crippen molar-refractivity contribution in [3.05, 3.63) is 83.1 Å². The van der Waals surface area contributed by atoms with Crippen LogP contribution >= 0.6 is 0 Å². The number of non-ortho nitro benzene ring substituents is 1. The predicted octanol–water partition coefficient (Wildman–Crippen LogP) is 4.08. The molecule has 3 aromatic rings. The lowest BCUT2D eigenvalue weighted by Crippen LogP contribution is -2.23. The number of nitro benzene ring substituents is 1. The number of rotatable bonds is 8. The van der Waals surface area contributed by atoms with E-state index in [1.807, 2.05) is 47.2 Å². The first-order valence-corrected chi connectivity index (χ1v) is 8.34. The van der Waals surface area contributed by atoms with Gasteiger partial charge in [0.1, 0.15) is 5.75 Å². The second-order valence-corrected chi connectivity index (χ2v) is 5.97. The van der Waals surface area contributed by atoms with Crippen molar-refractivity contribution in [2.45, 2.75) is 12.6 Å². The summed E-state index contributed by atoms with van der Waals surface area (Å²) in [5, 5.41) is 15.2. The van der Waals surface area contributed by atoms with Gasteiger partial charge in [-0.25, -0.2) is 0 Å². The molecule has 2 aromatic carbocycles. The maximum atomic E-state index is 11.2. The number of nitro groups is 1. The van der Waals surface area contributed by atoms with E-state index in [0.29, 0.717) is 18.5 Å². The van der Waals surface area contributed by atoms with Gasteiger partial charge in [0.2, 0.25) is 0 Å². The maximum absolute atomic E-state index is 11.2. The molecule has 1 aromatic heterocycles. The Labute approximate surface area is 151 Å². The summed E-state index contributed by atoms with van der Waals surface area (Å²) in [6, 6.07) is 14.8. The van der Waals surface area contributed by atoms with Gasteiger partial charge in [-0.05, 0) is 29.8 Å². The van der Waals surface area contributed by atoms with Gasteiger partial charge < -0.3 is 14.6 Å². The fourth-order valence-corrected chi connectivity index (χ4v) is 3.02. The second kappa shape index (κ2) is 7.84. The average molecular weight is 351 g/mol. The highest BCUT2D eigenvalue weighted by Gasteiger charge is 2.16. The van der Waals surface area contributed by atoms with Crippen LogP contribution in [0.3, 0.4) is 0 Å². The highest BCUT2D eigenvalue weighted by atomic mass is 16.6. The van der Waals surface area contributed by atoms with Crippen LogP contribution in [0.4, 0.5) is 5.69 Å². The van der Waals surface area contributed by atoms with Crippen molar-refractivity contribution in [3.63, 3.8) is 0 Å². The Morgan fingerprint density at radius 3 is 2.69 bits per heavy atom. The molecular weight excluding hydrogens is 330 g/mol. The topological polar surface area (TPSA) is 69.3 Å². The number of ether oxygens (including phenoxy) is 1. The van der Waals surface area contributed by atoms with Crippen LogP contribution in [0.1, 0.15) is 11.6 Å². The van der Waals surface area contributed by atoms with Crippen molar-refractivity contribution >= 4 is 16.6 Å². The predicted molar refractivity (Wildman–Crippen MR) is 103 cm³/mol. The van der Waals surface area contributed by atoms with Crippen LogP contribution in [0.5, 0.6) is 5.75 Å². The van der Waals surface area contributed by atoms with Gasteiger partial charge in [-0.15, -0.1) is 6.58 Å². The van der Waals surface area contributed by atoms with E-state index in [-0.39, 0.29) is 16.7 Å². The van der Waals surface area contributed by atoms with E-state index >= 15 is 0 Å². The van der Waals surface area contributed by atoms with Gasteiger partial charge in [0.15, 0.2) is 0 Å². The quantitative estimate of drug-likeness (QED) is 0.377. The van der Waals surface area contributed by atoms with Gasteiger partial charge in [0.25, 0.3) is 5.69 Å². The standard InChI is InChI=1S/C20H21N3O3/c1-3-16(14-21-13-15-7-9-17(26-2)10-8-15)22-12-11-18-19(22)5-4-6-20(18)23(24)25/h3-12,16,21H,1,13-14H2,2H3/t16-/m0/s1. The third-order valence-corrected chi connectivity index (χ3v) is 4.41. The van der Waals surface area contributed by atoms with Crippen molar-refractivity contribution < 1.29 is 9.66 Å². The SMILES string of the molecule is C=C[C@@H](CNCc1ccc(OC)cc1)n1ccc2c([N+](=O)[O-])cccc21. The number of methoxy groups -OCH3 is 1. The highest BCUT2D eigenvalue weighted by Crippen LogP contribution is 2.28. The molecule has 0 saturated heterocycles. The lowest BCUT2D eigenvalue weighted by atomic mass is 10.2. The first-order chi connectivity index (χ1) is 12.6. The van der Waals surface area contributed by atoms with E-state index in [0.717, 1.165) is 16.8 Å². The molecular formula is C20H21N3O3. The van der Waals surface area contributed by atoms with Crippen LogP contribution in [-0.4, -0.2) is 23.1 Å². The van der Waals surface area contributed by atoms with Gasteiger partial charge >= 0.3 is 0 Å². The van der Waals surface area contributed by atoms with Crippen LogP contribution < -0.4 is 10.1 Å². The van der Waals surface area contributed by atoms with Gasteiger partial charge in [0.05, 0.1) is 29.0 Å². The van der Waals surface area contributed by atoms with Crippen LogP contribution in [0.2, 0.25) is 0 Å². The minimum Gasteiger partial charge on any atom is -0.497 e. The fraction of sp³-hybridized carbons (Fsp3) is 0.200. The summed E-state index contributed by atoms with van der Waals surface area (Å²) in [4.78, 5) is 10.8. The van der Waals surface area contributed by atoms with Crippen molar-refractivity contribution in [1.82, 2.24) is 9.88 Å².